The molecule has 0 unspecified atom stereocenters. The number of hydrogen-bond acceptors (Lipinski definition) is 3. The fourth-order valence-electron chi connectivity index (χ4n) is 2.11. The number of rotatable bonds is 5. The molecule has 130 valence electrons. The third-order valence-electron chi connectivity index (χ3n) is 3.31. The molecule has 10 heteroatoms. The van der Waals surface area contributed by atoms with Crippen molar-refractivity contribution in [2.24, 2.45) is 0 Å². The maximum absolute atomic E-state index is 13.8. The Morgan fingerprint density at radius 2 is 2.00 bits per heavy atom. The van der Waals surface area contributed by atoms with Crippen LogP contribution >= 0.6 is 11.6 Å². The molecule has 3 aromatic rings. The lowest BCUT2D eigenvalue weighted by Crippen LogP contribution is -2.14. The summed E-state index contributed by atoms with van der Waals surface area (Å²) in [5, 5.41) is 10.2. The quantitative estimate of drug-likeness (QED) is 0.747. The highest BCUT2D eigenvalue weighted by atomic mass is 35.5. The van der Waals surface area contributed by atoms with Crippen LogP contribution in [-0.4, -0.2) is 25.5 Å². The lowest BCUT2D eigenvalue weighted by molar-refractivity contribution is 0.0561. The van der Waals surface area contributed by atoms with Crippen LogP contribution in [0.4, 0.5) is 19.0 Å². The first kappa shape index (κ1) is 17.0. The summed E-state index contributed by atoms with van der Waals surface area (Å²) in [4.78, 5) is 12.0. The van der Waals surface area contributed by atoms with Gasteiger partial charge in [0, 0.05) is 29.0 Å². The van der Waals surface area contributed by atoms with Gasteiger partial charge in [0.2, 0.25) is 0 Å². The molecular formula is C15H11ClF3N5O. The van der Waals surface area contributed by atoms with Gasteiger partial charge in [0.1, 0.15) is 5.82 Å². The van der Waals surface area contributed by atoms with E-state index < -0.39 is 18.3 Å². The number of aromatic nitrogens is 4. The van der Waals surface area contributed by atoms with E-state index in [1.165, 1.54) is 29.1 Å². The molecule has 0 spiro atoms. The predicted molar refractivity (Wildman–Crippen MR) is 84.2 cm³/mol. The van der Waals surface area contributed by atoms with Gasteiger partial charge in [0.15, 0.2) is 11.5 Å². The number of carbonyl (C=O) groups is 1. The van der Waals surface area contributed by atoms with Crippen LogP contribution in [0.3, 0.4) is 0 Å². The summed E-state index contributed by atoms with van der Waals surface area (Å²) in [6.45, 7) is -2.76. The van der Waals surface area contributed by atoms with Crippen LogP contribution in [0.1, 0.15) is 22.6 Å². The monoisotopic (exact) mass is 369 g/mol. The molecule has 0 aliphatic carbocycles. The average molecular weight is 370 g/mol. The molecular weight excluding hydrogens is 359 g/mol. The fraction of sp³-hybridized carbons (Fsp3) is 0.133. The number of hydrogen-bond donors (Lipinski definition) is 1. The predicted octanol–water partition coefficient (Wildman–Crippen LogP) is 3.57. The van der Waals surface area contributed by atoms with Crippen molar-refractivity contribution in [3.63, 3.8) is 0 Å². The average Bonchev–Trinajstić information content (AvgIpc) is 3.20. The molecule has 0 fully saturated rings. The van der Waals surface area contributed by atoms with Gasteiger partial charge >= 0.3 is 6.55 Å². The van der Waals surface area contributed by atoms with Crippen LogP contribution in [-0.2, 0) is 6.54 Å². The molecule has 0 aliphatic rings. The molecule has 0 aliphatic heterocycles. The number of benzene rings is 1. The molecule has 0 bridgehead atoms. The molecule has 2 heterocycles. The van der Waals surface area contributed by atoms with E-state index in [0.29, 0.717) is 4.68 Å². The number of carbonyl (C=O) groups excluding carboxylic acids is 1. The Morgan fingerprint density at radius 1 is 1.20 bits per heavy atom. The van der Waals surface area contributed by atoms with E-state index in [1.54, 1.807) is 6.07 Å². The number of anilines is 1. The summed E-state index contributed by atoms with van der Waals surface area (Å²) in [6.07, 6.45) is 2.52. The van der Waals surface area contributed by atoms with Gasteiger partial charge in [-0.15, -0.1) is 0 Å². The summed E-state index contributed by atoms with van der Waals surface area (Å²) in [7, 11) is 0. The van der Waals surface area contributed by atoms with Crippen molar-refractivity contribution in [3.8, 4) is 0 Å². The van der Waals surface area contributed by atoms with Crippen molar-refractivity contribution >= 4 is 23.3 Å². The minimum Gasteiger partial charge on any atom is -0.304 e. The smallest absolute Gasteiger partial charge is 0.304 e. The Hall–Kier alpha value is -2.81. The Morgan fingerprint density at radius 3 is 2.68 bits per heavy atom. The highest BCUT2D eigenvalue weighted by Crippen LogP contribution is 2.20. The van der Waals surface area contributed by atoms with Gasteiger partial charge in [-0.2, -0.15) is 19.0 Å². The Bertz CT molecular complexity index is 888. The Balaban J connectivity index is 1.70. The standard InChI is InChI=1S/C15H11ClF3N5O/c16-10-2-1-3-11(17)9(10)8-23-6-5-13(22-23)20-14(25)12-4-7-24(21-12)15(18)19/h1-7,15H,8H2,(H,20,22,25). The summed E-state index contributed by atoms with van der Waals surface area (Å²) < 4.78 is 40.4. The summed E-state index contributed by atoms with van der Waals surface area (Å²) in [6, 6.07) is 6.99. The van der Waals surface area contributed by atoms with E-state index in [9.17, 15) is 18.0 Å². The van der Waals surface area contributed by atoms with Gasteiger partial charge in [-0.05, 0) is 18.2 Å². The van der Waals surface area contributed by atoms with Gasteiger partial charge < -0.3 is 5.32 Å². The highest BCUT2D eigenvalue weighted by molar-refractivity contribution is 6.31. The Labute approximate surface area is 144 Å². The van der Waals surface area contributed by atoms with Crippen LogP contribution in [0, 0.1) is 5.82 Å². The zero-order valence-corrected chi connectivity index (χ0v) is 13.3. The van der Waals surface area contributed by atoms with Crippen molar-refractivity contribution in [2.75, 3.05) is 5.32 Å². The van der Waals surface area contributed by atoms with Crippen LogP contribution in [0.25, 0.3) is 0 Å². The number of nitrogens with one attached hydrogen (secondary N) is 1. The first-order valence-corrected chi connectivity index (χ1v) is 7.43. The molecule has 0 saturated carbocycles. The normalized spacial score (nSPS) is 11.1. The topological polar surface area (TPSA) is 64.7 Å². The molecule has 2 aromatic heterocycles. The summed E-state index contributed by atoms with van der Waals surface area (Å²) in [5.74, 6) is -0.983. The number of amides is 1. The van der Waals surface area contributed by atoms with E-state index in [4.69, 9.17) is 11.6 Å². The molecule has 1 amide bonds. The van der Waals surface area contributed by atoms with Gasteiger partial charge in [0.25, 0.3) is 5.91 Å². The maximum atomic E-state index is 13.8. The second-order valence-electron chi connectivity index (χ2n) is 5.01. The van der Waals surface area contributed by atoms with Crippen molar-refractivity contribution in [1.29, 1.82) is 0 Å². The van der Waals surface area contributed by atoms with E-state index in [2.05, 4.69) is 15.5 Å². The van der Waals surface area contributed by atoms with E-state index in [0.717, 1.165) is 12.3 Å². The molecule has 0 saturated heterocycles. The first-order valence-electron chi connectivity index (χ1n) is 7.05. The van der Waals surface area contributed by atoms with E-state index in [-0.39, 0.29) is 28.6 Å². The van der Waals surface area contributed by atoms with Crippen LogP contribution < -0.4 is 5.32 Å². The lowest BCUT2D eigenvalue weighted by Gasteiger charge is -2.06. The van der Waals surface area contributed by atoms with Crippen LogP contribution in [0.2, 0.25) is 5.02 Å². The minimum absolute atomic E-state index is 0.0708. The lowest BCUT2D eigenvalue weighted by atomic mass is 10.2. The van der Waals surface area contributed by atoms with Crippen LogP contribution in [0.5, 0.6) is 0 Å². The molecule has 0 atom stereocenters. The minimum atomic E-state index is -2.83. The van der Waals surface area contributed by atoms with Crippen molar-refractivity contribution < 1.29 is 18.0 Å². The van der Waals surface area contributed by atoms with Gasteiger partial charge in [-0.25, -0.2) is 9.07 Å². The fourth-order valence-corrected chi connectivity index (χ4v) is 2.33. The molecule has 0 radical (unpaired) electrons. The number of alkyl halides is 2. The third-order valence-corrected chi connectivity index (χ3v) is 3.66. The van der Waals surface area contributed by atoms with Gasteiger partial charge in [-0.3, -0.25) is 9.48 Å². The molecule has 3 rings (SSSR count). The van der Waals surface area contributed by atoms with E-state index in [1.807, 2.05) is 0 Å². The van der Waals surface area contributed by atoms with Crippen LogP contribution in [0.15, 0.2) is 42.7 Å². The van der Waals surface area contributed by atoms with Crippen molar-refractivity contribution in [1.82, 2.24) is 19.6 Å². The molecule has 25 heavy (non-hydrogen) atoms. The maximum Gasteiger partial charge on any atom is 0.333 e. The summed E-state index contributed by atoms with van der Waals surface area (Å²) in [5.41, 5.74) is 0.0906. The van der Waals surface area contributed by atoms with Gasteiger partial charge in [0.05, 0.1) is 6.54 Å². The zero-order chi connectivity index (χ0) is 18.0. The van der Waals surface area contributed by atoms with E-state index >= 15 is 0 Å². The van der Waals surface area contributed by atoms with Gasteiger partial charge in [-0.1, -0.05) is 17.7 Å². The highest BCUT2D eigenvalue weighted by Gasteiger charge is 2.15. The first-order chi connectivity index (χ1) is 11.9. The summed E-state index contributed by atoms with van der Waals surface area (Å²) >= 11 is 5.96. The molecule has 1 aromatic carbocycles. The molecule has 1 N–H and O–H groups in total. The second kappa shape index (κ2) is 6.98. The SMILES string of the molecule is O=C(Nc1ccn(Cc2c(F)cccc2Cl)n1)c1ccn(C(F)F)n1. The number of nitrogens with zero attached hydrogens (tertiary/aromatic N) is 4. The zero-order valence-electron chi connectivity index (χ0n) is 12.5. The second-order valence-corrected chi connectivity index (χ2v) is 5.42. The molecule has 6 nitrogen and oxygen atoms in total. The van der Waals surface area contributed by atoms with Crippen molar-refractivity contribution in [2.45, 2.75) is 13.1 Å². The van der Waals surface area contributed by atoms with Crippen molar-refractivity contribution in [3.05, 3.63) is 64.8 Å². The largest absolute Gasteiger partial charge is 0.333 e. The Kier molecular flexibility index (Phi) is 4.75. The third kappa shape index (κ3) is 3.82. The number of halogens is 4.